The van der Waals surface area contributed by atoms with Crippen molar-refractivity contribution in [1.82, 2.24) is 30.1 Å². The van der Waals surface area contributed by atoms with Gasteiger partial charge in [-0.25, -0.2) is 19.9 Å². The molecule has 6 heterocycles. The number of hydrogen-bond donors (Lipinski definition) is 0. The molecule has 0 aliphatic carbocycles. The van der Waals surface area contributed by atoms with Crippen molar-refractivity contribution in [2.45, 2.75) is 155 Å². The van der Waals surface area contributed by atoms with Gasteiger partial charge in [0.05, 0.1) is 12.4 Å². The standard InChI is InChI=1S/C42H56N6O3/c1-37(2,3)28-30-26(23-43-24-46-30)49-33(28)41(11,12)19-17-40(9,10)29-31-36(45-22-21-44-31)51-34(29)42(13,14)18-16-39(7,8)27-25-15-20-47-48-35(25)50-32(27)38(4,5)6/h15,20-24H,16-19H2,1-14H3. The Kier molecular flexibility index (Phi) is 8.79. The van der Waals surface area contributed by atoms with E-state index in [1.165, 1.54) is 5.56 Å². The maximum Gasteiger partial charge on any atom is 0.246 e. The van der Waals surface area contributed by atoms with Crippen LogP contribution in [0.4, 0.5) is 0 Å². The molecular weight excluding hydrogens is 637 g/mol. The summed E-state index contributed by atoms with van der Waals surface area (Å²) in [6, 6.07) is 2.03. The lowest BCUT2D eigenvalue weighted by molar-refractivity contribution is 0.298. The first kappa shape index (κ1) is 36.6. The molecule has 0 unspecified atom stereocenters. The normalized spacial score (nSPS) is 14.0. The summed E-state index contributed by atoms with van der Waals surface area (Å²) < 4.78 is 19.7. The van der Waals surface area contributed by atoms with E-state index in [4.69, 9.17) is 18.2 Å². The Bertz CT molecular complexity index is 2200. The van der Waals surface area contributed by atoms with Gasteiger partial charge in [0.15, 0.2) is 5.58 Å². The summed E-state index contributed by atoms with van der Waals surface area (Å²) in [4.78, 5) is 18.4. The molecular formula is C42H56N6O3. The van der Waals surface area contributed by atoms with Crippen molar-refractivity contribution < 1.29 is 13.3 Å². The number of aromatic nitrogens is 6. The molecule has 0 aromatic carbocycles. The number of hydrogen-bond acceptors (Lipinski definition) is 9. The van der Waals surface area contributed by atoms with Gasteiger partial charge < -0.3 is 13.3 Å². The summed E-state index contributed by atoms with van der Waals surface area (Å²) >= 11 is 0. The smallest absolute Gasteiger partial charge is 0.246 e. The average Bonchev–Trinajstić information content (AvgIpc) is 3.76. The van der Waals surface area contributed by atoms with Gasteiger partial charge in [-0.2, -0.15) is 5.10 Å². The quantitative estimate of drug-likeness (QED) is 0.138. The van der Waals surface area contributed by atoms with E-state index < -0.39 is 0 Å². The van der Waals surface area contributed by atoms with Crippen LogP contribution in [0.2, 0.25) is 0 Å². The Labute approximate surface area is 302 Å². The molecule has 0 aliphatic heterocycles. The Morgan fingerprint density at radius 2 is 1.08 bits per heavy atom. The molecule has 0 spiro atoms. The minimum atomic E-state index is -0.320. The molecule has 272 valence electrons. The van der Waals surface area contributed by atoms with Gasteiger partial charge in [-0.3, -0.25) is 0 Å². The highest BCUT2D eigenvalue weighted by molar-refractivity contribution is 5.81. The number of fused-ring (bicyclic) bond motifs is 3. The summed E-state index contributed by atoms with van der Waals surface area (Å²) in [5.74, 6) is 2.90. The van der Waals surface area contributed by atoms with Crippen molar-refractivity contribution in [2.24, 2.45) is 0 Å². The molecule has 0 saturated carbocycles. The van der Waals surface area contributed by atoms with Crippen LogP contribution in [0.3, 0.4) is 0 Å². The van der Waals surface area contributed by atoms with Gasteiger partial charge in [-0.1, -0.05) is 96.9 Å². The van der Waals surface area contributed by atoms with Gasteiger partial charge >= 0.3 is 0 Å². The zero-order valence-electron chi connectivity index (χ0n) is 33.2. The summed E-state index contributed by atoms with van der Waals surface area (Å²) in [6.45, 7) is 31.6. The molecule has 6 rings (SSSR count). The molecule has 6 aromatic heterocycles. The molecule has 0 amide bonds. The molecule has 0 atom stereocenters. The van der Waals surface area contributed by atoms with E-state index in [1.807, 2.05) is 6.07 Å². The van der Waals surface area contributed by atoms with Crippen molar-refractivity contribution in [1.29, 1.82) is 0 Å². The van der Waals surface area contributed by atoms with Crippen LogP contribution >= 0.6 is 0 Å². The summed E-state index contributed by atoms with van der Waals surface area (Å²) in [5.41, 5.74) is 5.73. The van der Waals surface area contributed by atoms with E-state index in [2.05, 4.69) is 122 Å². The summed E-state index contributed by atoms with van der Waals surface area (Å²) in [5, 5.41) is 9.47. The Morgan fingerprint density at radius 1 is 0.510 bits per heavy atom. The van der Waals surface area contributed by atoms with Crippen LogP contribution in [0.25, 0.3) is 33.4 Å². The van der Waals surface area contributed by atoms with E-state index in [-0.39, 0.29) is 32.5 Å². The molecule has 0 saturated heterocycles. The highest BCUT2D eigenvalue weighted by Crippen LogP contribution is 2.49. The molecule has 0 fully saturated rings. The minimum Gasteiger partial charge on any atom is -0.457 e. The van der Waals surface area contributed by atoms with Crippen molar-refractivity contribution in [3.05, 3.63) is 71.2 Å². The maximum atomic E-state index is 6.73. The van der Waals surface area contributed by atoms with Gasteiger partial charge in [0.2, 0.25) is 11.4 Å². The van der Waals surface area contributed by atoms with Crippen LogP contribution in [0.1, 0.15) is 157 Å². The second-order valence-electron chi connectivity index (χ2n) is 19.1. The van der Waals surface area contributed by atoms with E-state index in [9.17, 15) is 0 Å². The molecule has 9 nitrogen and oxygen atoms in total. The van der Waals surface area contributed by atoms with Crippen molar-refractivity contribution in [3.63, 3.8) is 0 Å². The van der Waals surface area contributed by atoms with Crippen molar-refractivity contribution >= 4 is 33.4 Å². The maximum absolute atomic E-state index is 6.73. The zero-order chi connectivity index (χ0) is 37.4. The highest BCUT2D eigenvalue weighted by atomic mass is 16.4. The van der Waals surface area contributed by atoms with Crippen LogP contribution < -0.4 is 0 Å². The van der Waals surface area contributed by atoms with Crippen molar-refractivity contribution in [3.8, 4) is 0 Å². The molecule has 9 heteroatoms. The first-order chi connectivity index (χ1) is 23.5. The largest absolute Gasteiger partial charge is 0.457 e. The predicted octanol–water partition coefficient (Wildman–Crippen LogP) is 11.0. The van der Waals surface area contributed by atoms with E-state index in [0.29, 0.717) is 11.4 Å². The lowest BCUT2D eigenvalue weighted by atomic mass is 9.68. The fraction of sp³-hybridized carbons (Fsp3) is 0.571. The summed E-state index contributed by atoms with van der Waals surface area (Å²) in [6.07, 6.45) is 12.2. The Morgan fingerprint density at radius 3 is 1.71 bits per heavy atom. The topological polar surface area (TPSA) is 117 Å². The summed E-state index contributed by atoms with van der Waals surface area (Å²) in [7, 11) is 0. The first-order valence-corrected chi connectivity index (χ1v) is 18.3. The monoisotopic (exact) mass is 692 g/mol. The minimum absolute atomic E-state index is 0.146. The molecule has 51 heavy (non-hydrogen) atoms. The molecule has 0 aliphatic rings. The van der Waals surface area contributed by atoms with Gasteiger partial charge in [-0.05, 0) is 48.0 Å². The molecule has 0 radical (unpaired) electrons. The van der Waals surface area contributed by atoms with E-state index in [1.54, 1.807) is 31.1 Å². The van der Waals surface area contributed by atoms with Crippen LogP contribution in [0.15, 0.2) is 50.4 Å². The SMILES string of the molecule is CC(C)(C)c1oc2nnccc2c1C(C)(C)CCC(C)(C)c1oc2nccnc2c1C(C)(C)CCC(C)(C)c1oc2cncnc2c1C(C)(C)C. The van der Waals surface area contributed by atoms with E-state index in [0.717, 1.165) is 76.1 Å². The van der Waals surface area contributed by atoms with Crippen LogP contribution in [0.5, 0.6) is 0 Å². The van der Waals surface area contributed by atoms with E-state index >= 15 is 0 Å². The van der Waals surface area contributed by atoms with Crippen LogP contribution in [0, 0.1) is 0 Å². The molecule has 6 aromatic rings. The van der Waals surface area contributed by atoms with Gasteiger partial charge in [0.1, 0.15) is 34.6 Å². The van der Waals surface area contributed by atoms with Crippen LogP contribution in [-0.4, -0.2) is 30.1 Å². The van der Waals surface area contributed by atoms with Gasteiger partial charge in [0, 0.05) is 50.7 Å². The molecule has 0 bridgehead atoms. The lowest BCUT2D eigenvalue weighted by Crippen LogP contribution is -2.30. The third-order valence-corrected chi connectivity index (χ3v) is 10.8. The Balaban J connectivity index is 1.34. The lowest BCUT2D eigenvalue weighted by Gasteiger charge is -2.35. The number of rotatable bonds is 10. The number of furan rings is 3. The molecule has 0 N–H and O–H groups in total. The zero-order valence-corrected chi connectivity index (χ0v) is 33.2. The fourth-order valence-corrected chi connectivity index (χ4v) is 7.73. The Hall–Kier alpha value is -4.14. The second kappa shape index (κ2) is 12.2. The third kappa shape index (κ3) is 6.69. The first-order valence-electron chi connectivity index (χ1n) is 18.3. The average molecular weight is 693 g/mol. The predicted molar refractivity (Wildman–Crippen MR) is 203 cm³/mol. The van der Waals surface area contributed by atoms with Gasteiger partial charge in [-0.15, -0.1) is 5.10 Å². The van der Waals surface area contributed by atoms with Gasteiger partial charge in [0.25, 0.3) is 0 Å². The highest BCUT2D eigenvalue weighted by Gasteiger charge is 2.42. The van der Waals surface area contributed by atoms with Crippen LogP contribution in [-0.2, 0) is 32.5 Å². The van der Waals surface area contributed by atoms with Crippen molar-refractivity contribution in [2.75, 3.05) is 0 Å². The number of nitrogens with zero attached hydrogens (tertiary/aromatic N) is 6. The second-order valence-corrected chi connectivity index (χ2v) is 19.1. The third-order valence-electron chi connectivity index (χ3n) is 10.8. The fourth-order valence-electron chi connectivity index (χ4n) is 7.73.